The molecule has 2 atom stereocenters. The summed E-state index contributed by atoms with van der Waals surface area (Å²) < 4.78 is 65.4. The molecule has 1 saturated carbocycles. The van der Waals surface area contributed by atoms with E-state index < -0.39 is 21.8 Å². The van der Waals surface area contributed by atoms with Gasteiger partial charge in [0.25, 0.3) is 0 Å². The fourth-order valence-electron chi connectivity index (χ4n) is 4.10. The van der Waals surface area contributed by atoms with Gasteiger partial charge in [-0.2, -0.15) is 17.5 Å². The number of aryl methyl sites for hydroxylation is 1. The zero-order chi connectivity index (χ0) is 19.4. The van der Waals surface area contributed by atoms with E-state index in [1.165, 1.54) is 16.4 Å². The molecule has 1 saturated heterocycles. The average molecular weight is 395 g/mol. The summed E-state index contributed by atoms with van der Waals surface area (Å²) in [5.41, 5.74) is 1.06. The molecule has 0 N–H and O–H groups in total. The van der Waals surface area contributed by atoms with E-state index in [0.29, 0.717) is 13.1 Å². The molecule has 0 radical (unpaired) electrons. The lowest BCUT2D eigenvalue weighted by atomic mass is 9.97. The van der Waals surface area contributed by atoms with Gasteiger partial charge in [-0.25, -0.2) is 8.42 Å². The molecule has 0 unspecified atom stereocenters. The Morgan fingerprint density at radius 1 is 1.04 bits per heavy atom. The molecule has 7 heteroatoms. The number of sulfonamides is 1. The minimum atomic E-state index is -4.34. The van der Waals surface area contributed by atoms with Gasteiger partial charge >= 0.3 is 6.18 Å². The Balaban J connectivity index is 1.49. The van der Waals surface area contributed by atoms with E-state index in [0.717, 1.165) is 36.1 Å². The van der Waals surface area contributed by atoms with Gasteiger partial charge in [-0.15, -0.1) is 0 Å². The summed E-state index contributed by atoms with van der Waals surface area (Å²) in [6.45, 7) is 2.78. The quantitative estimate of drug-likeness (QED) is 0.763. The average Bonchev–Trinajstić information content (AvgIpc) is 3.13. The van der Waals surface area contributed by atoms with Gasteiger partial charge < -0.3 is 0 Å². The van der Waals surface area contributed by atoms with Crippen LogP contribution in [-0.4, -0.2) is 25.8 Å². The lowest BCUT2D eigenvalue weighted by Crippen LogP contribution is -2.29. The Morgan fingerprint density at radius 2 is 1.67 bits per heavy atom. The largest absolute Gasteiger partial charge is 0.416 e. The van der Waals surface area contributed by atoms with Gasteiger partial charge in [-0.1, -0.05) is 29.8 Å². The Bertz CT molecular complexity index is 952. The summed E-state index contributed by atoms with van der Waals surface area (Å²) in [7, 11) is -3.53. The molecule has 3 nitrogen and oxygen atoms in total. The van der Waals surface area contributed by atoms with Gasteiger partial charge in [0.2, 0.25) is 10.0 Å². The Kier molecular flexibility index (Phi) is 4.16. The molecule has 1 spiro atoms. The van der Waals surface area contributed by atoms with Gasteiger partial charge in [-0.05, 0) is 60.9 Å². The van der Waals surface area contributed by atoms with Gasteiger partial charge in [0.05, 0.1) is 10.5 Å². The molecular weight excluding hydrogens is 375 g/mol. The number of benzene rings is 2. The first-order chi connectivity index (χ1) is 12.6. The highest BCUT2D eigenvalue weighted by Gasteiger charge is 2.59. The molecule has 2 aromatic carbocycles. The van der Waals surface area contributed by atoms with E-state index in [4.69, 9.17) is 0 Å². The van der Waals surface area contributed by atoms with Crippen LogP contribution in [0.25, 0.3) is 0 Å². The van der Waals surface area contributed by atoms with Crippen LogP contribution in [0.3, 0.4) is 0 Å². The third-order valence-corrected chi connectivity index (χ3v) is 7.70. The number of hydrogen-bond acceptors (Lipinski definition) is 2. The van der Waals surface area contributed by atoms with Crippen LogP contribution in [0, 0.1) is 12.3 Å². The number of rotatable bonds is 3. The highest BCUT2D eigenvalue weighted by atomic mass is 32.2. The maximum absolute atomic E-state index is 12.9. The number of halogens is 3. The molecule has 0 bridgehead atoms. The first-order valence-corrected chi connectivity index (χ1v) is 10.3. The van der Waals surface area contributed by atoms with E-state index in [2.05, 4.69) is 0 Å². The Labute approximate surface area is 156 Å². The molecule has 1 heterocycles. The lowest BCUT2D eigenvalue weighted by molar-refractivity contribution is -0.137. The minimum Gasteiger partial charge on any atom is -0.207 e. The number of nitrogens with zero attached hydrogens (tertiary/aromatic N) is 1. The molecule has 2 aliphatic rings. The molecule has 0 amide bonds. The van der Waals surface area contributed by atoms with Crippen LogP contribution in [0.4, 0.5) is 13.2 Å². The van der Waals surface area contributed by atoms with E-state index in [1.54, 1.807) is 24.3 Å². The number of alkyl halides is 3. The van der Waals surface area contributed by atoms with Crippen LogP contribution in [0.2, 0.25) is 0 Å². The SMILES string of the molecule is Cc1ccc(S(=O)(=O)N2CC[C@@]3(C[C@H]3c3ccc(C(F)(F)F)cc3)C2)cc1. The van der Waals surface area contributed by atoms with Crippen molar-refractivity contribution in [2.45, 2.75) is 36.8 Å². The second kappa shape index (κ2) is 6.07. The van der Waals surface area contributed by atoms with E-state index >= 15 is 0 Å². The van der Waals surface area contributed by atoms with E-state index in [1.807, 2.05) is 6.92 Å². The van der Waals surface area contributed by atoms with Gasteiger partial charge in [0.15, 0.2) is 0 Å². The first kappa shape index (κ1) is 18.5. The van der Waals surface area contributed by atoms with Crippen LogP contribution in [0.1, 0.15) is 35.4 Å². The Hall–Kier alpha value is -1.86. The standard InChI is InChI=1S/C20H20F3NO2S/c1-14-2-8-17(9-3-14)27(25,26)24-11-10-19(13-24)12-18(19)15-4-6-16(7-5-15)20(21,22)23/h2-9,18H,10-13H2,1H3/t18-,19+/m0/s1. The molecule has 1 aliphatic heterocycles. The summed E-state index contributed by atoms with van der Waals surface area (Å²) in [5.74, 6) is 0.123. The van der Waals surface area contributed by atoms with Crippen molar-refractivity contribution in [1.29, 1.82) is 0 Å². The normalized spacial score (nSPS) is 25.9. The predicted molar refractivity (Wildman–Crippen MR) is 95.8 cm³/mol. The van der Waals surface area contributed by atoms with Crippen molar-refractivity contribution in [3.63, 3.8) is 0 Å². The van der Waals surface area contributed by atoms with Gasteiger partial charge in [-0.3, -0.25) is 0 Å². The summed E-state index contributed by atoms with van der Waals surface area (Å²) in [5, 5.41) is 0. The molecule has 4 rings (SSSR count). The molecule has 0 aromatic heterocycles. The zero-order valence-electron chi connectivity index (χ0n) is 14.8. The maximum Gasteiger partial charge on any atom is 0.416 e. The summed E-state index contributed by atoms with van der Waals surface area (Å²) in [6, 6.07) is 12.1. The summed E-state index contributed by atoms with van der Waals surface area (Å²) in [6.07, 6.45) is -2.78. The van der Waals surface area contributed by atoms with Crippen LogP contribution in [0.5, 0.6) is 0 Å². The third kappa shape index (κ3) is 3.27. The van der Waals surface area contributed by atoms with Crippen LogP contribution >= 0.6 is 0 Å². The van der Waals surface area contributed by atoms with Crippen LogP contribution in [0.15, 0.2) is 53.4 Å². The fourth-order valence-corrected chi connectivity index (χ4v) is 5.63. The molecule has 144 valence electrons. The second-order valence-corrected chi connectivity index (χ2v) is 9.58. The monoisotopic (exact) mass is 395 g/mol. The van der Waals surface area contributed by atoms with Crippen molar-refractivity contribution in [3.05, 3.63) is 65.2 Å². The maximum atomic E-state index is 12.9. The third-order valence-electron chi connectivity index (χ3n) is 5.84. The van der Waals surface area contributed by atoms with E-state index in [-0.39, 0.29) is 16.2 Å². The molecular formula is C20H20F3NO2S. The van der Waals surface area contributed by atoms with Crippen LogP contribution < -0.4 is 0 Å². The zero-order valence-corrected chi connectivity index (χ0v) is 15.6. The predicted octanol–water partition coefficient (Wildman–Crippen LogP) is 4.58. The Morgan fingerprint density at radius 3 is 2.26 bits per heavy atom. The minimum absolute atomic E-state index is 0.123. The fraction of sp³-hybridized carbons (Fsp3) is 0.400. The van der Waals surface area contributed by atoms with Crippen molar-refractivity contribution in [2.75, 3.05) is 13.1 Å². The highest BCUT2D eigenvalue weighted by Crippen LogP contribution is 2.64. The van der Waals surface area contributed by atoms with Crippen molar-refractivity contribution in [2.24, 2.45) is 5.41 Å². The first-order valence-electron chi connectivity index (χ1n) is 8.86. The van der Waals surface area contributed by atoms with Crippen molar-refractivity contribution < 1.29 is 21.6 Å². The topological polar surface area (TPSA) is 37.4 Å². The van der Waals surface area contributed by atoms with Crippen LogP contribution in [-0.2, 0) is 16.2 Å². The second-order valence-electron chi connectivity index (χ2n) is 7.64. The highest BCUT2D eigenvalue weighted by molar-refractivity contribution is 7.89. The van der Waals surface area contributed by atoms with Crippen molar-refractivity contribution >= 4 is 10.0 Å². The lowest BCUT2D eigenvalue weighted by Gasteiger charge is -2.17. The van der Waals surface area contributed by atoms with Gasteiger partial charge in [0.1, 0.15) is 0 Å². The van der Waals surface area contributed by atoms with Gasteiger partial charge in [0, 0.05) is 13.1 Å². The molecule has 1 aliphatic carbocycles. The molecule has 27 heavy (non-hydrogen) atoms. The van der Waals surface area contributed by atoms with Crippen molar-refractivity contribution in [1.82, 2.24) is 4.31 Å². The summed E-state index contributed by atoms with van der Waals surface area (Å²) >= 11 is 0. The number of hydrogen-bond donors (Lipinski definition) is 0. The van der Waals surface area contributed by atoms with Crippen molar-refractivity contribution in [3.8, 4) is 0 Å². The smallest absolute Gasteiger partial charge is 0.207 e. The molecule has 2 fully saturated rings. The van der Waals surface area contributed by atoms with E-state index in [9.17, 15) is 21.6 Å². The molecule has 2 aromatic rings. The summed E-state index contributed by atoms with van der Waals surface area (Å²) in [4.78, 5) is 0.289.